The molecule has 14 heavy (non-hydrogen) atoms. The van der Waals surface area contributed by atoms with Gasteiger partial charge in [-0.3, -0.25) is 0 Å². The van der Waals surface area contributed by atoms with E-state index < -0.39 is 5.60 Å². The van der Waals surface area contributed by atoms with E-state index >= 15 is 0 Å². The van der Waals surface area contributed by atoms with Gasteiger partial charge in [-0.1, -0.05) is 17.7 Å². The molecule has 4 heteroatoms. The van der Waals surface area contributed by atoms with Crippen molar-refractivity contribution in [3.8, 4) is 5.75 Å². The van der Waals surface area contributed by atoms with E-state index in [1.807, 2.05) is 0 Å². The number of ether oxygens (including phenoxy) is 1. The van der Waals surface area contributed by atoms with Crippen molar-refractivity contribution in [3.63, 3.8) is 0 Å². The molecule has 0 amide bonds. The first-order valence-corrected chi connectivity index (χ1v) is 4.65. The molecule has 0 aliphatic rings. The number of hydrogen-bond donors (Lipinski definition) is 2. The number of rotatable bonds is 3. The Balaban J connectivity index is 3.20. The highest BCUT2D eigenvalue weighted by Crippen LogP contribution is 2.31. The summed E-state index contributed by atoms with van der Waals surface area (Å²) < 4.78 is 5.11. The maximum absolute atomic E-state index is 9.95. The molecule has 0 bridgehead atoms. The Labute approximate surface area is 88.4 Å². The van der Waals surface area contributed by atoms with E-state index in [1.165, 1.54) is 7.11 Å². The van der Waals surface area contributed by atoms with Crippen molar-refractivity contribution in [2.45, 2.75) is 12.5 Å². The maximum atomic E-state index is 9.95. The van der Waals surface area contributed by atoms with Crippen LogP contribution in [0, 0.1) is 0 Å². The number of methoxy groups -OCH3 is 1. The third-order valence-electron chi connectivity index (χ3n) is 2.14. The SMILES string of the molecule is COc1cc(Cl)ccc1C(C)(O)CN. The minimum Gasteiger partial charge on any atom is -0.496 e. The minimum atomic E-state index is -1.09. The van der Waals surface area contributed by atoms with E-state index in [1.54, 1.807) is 25.1 Å². The first-order chi connectivity index (χ1) is 6.51. The van der Waals surface area contributed by atoms with Gasteiger partial charge in [-0.15, -0.1) is 0 Å². The fourth-order valence-corrected chi connectivity index (χ4v) is 1.38. The molecule has 0 aliphatic carbocycles. The average molecular weight is 216 g/mol. The van der Waals surface area contributed by atoms with Gasteiger partial charge in [0.25, 0.3) is 0 Å². The third-order valence-corrected chi connectivity index (χ3v) is 2.38. The Morgan fingerprint density at radius 2 is 2.21 bits per heavy atom. The molecule has 0 spiro atoms. The molecule has 78 valence electrons. The lowest BCUT2D eigenvalue weighted by Gasteiger charge is -2.23. The number of benzene rings is 1. The van der Waals surface area contributed by atoms with Gasteiger partial charge in [-0.05, 0) is 19.1 Å². The Morgan fingerprint density at radius 1 is 1.57 bits per heavy atom. The molecule has 0 radical (unpaired) electrons. The van der Waals surface area contributed by atoms with E-state index in [9.17, 15) is 5.11 Å². The average Bonchev–Trinajstić information content (AvgIpc) is 2.17. The second-order valence-electron chi connectivity index (χ2n) is 3.32. The Bertz CT molecular complexity index is 326. The fourth-order valence-electron chi connectivity index (χ4n) is 1.22. The second-order valence-corrected chi connectivity index (χ2v) is 3.76. The summed E-state index contributed by atoms with van der Waals surface area (Å²) >= 11 is 5.80. The summed E-state index contributed by atoms with van der Waals surface area (Å²) in [5, 5.41) is 10.5. The van der Waals surface area contributed by atoms with E-state index in [0.29, 0.717) is 16.3 Å². The van der Waals surface area contributed by atoms with Crippen LogP contribution in [0.1, 0.15) is 12.5 Å². The summed E-state index contributed by atoms with van der Waals surface area (Å²) in [4.78, 5) is 0. The summed E-state index contributed by atoms with van der Waals surface area (Å²) in [6.07, 6.45) is 0. The third kappa shape index (κ3) is 2.18. The lowest BCUT2D eigenvalue weighted by atomic mass is 9.95. The molecule has 0 aromatic heterocycles. The van der Waals surface area contributed by atoms with Gasteiger partial charge >= 0.3 is 0 Å². The van der Waals surface area contributed by atoms with Crippen molar-refractivity contribution in [2.75, 3.05) is 13.7 Å². The van der Waals surface area contributed by atoms with Crippen LogP contribution in [0.5, 0.6) is 5.75 Å². The van der Waals surface area contributed by atoms with Gasteiger partial charge < -0.3 is 15.6 Å². The standard InChI is InChI=1S/C10H14ClNO2/c1-10(13,6-12)8-4-3-7(11)5-9(8)14-2/h3-5,13H,6,12H2,1-2H3. The molecular formula is C10H14ClNO2. The Hall–Kier alpha value is -0.770. The quantitative estimate of drug-likeness (QED) is 0.804. The molecule has 0 heterocycles. The van der Waals surface area contributed by atoms with Crippen LogP contribution in [0.15, 0.2) is 18.2 Å². The molecule has 1 unspecified atom stereocenters. The van der Waals surface area contributed by atoms with Gasteiger partial charge in [0.1, 0.15) is 11.4 Å². The molecule has 3 nitrogen and oxygen atoms in total. The van der Waals surface area contributed by atoms with Crippen LogP contribution in [0.4, 0.5) is 0 Å². The smallest absolute Gasteiger partial charge is 0.126 e. The van der Waals surface area contributed by atoms with Gasteiger partial charge in [0.05, 0.1) is 7.11 Å². The van der Waals surface area contributed by atoms with E-state index in [-0.39, 0.29) is 6.54 Å². The van der Waals surface area contributed by atoms with Crippen LogP contribution in [0.25, 0.3) is 0 Å². The zero-order chi connectivity index (χ0) is 10.8. The largest absolute Gasteiger partial charge is 0.496 e. The van der Waals surface area contributed by atoms with Crippen LogP contribution in [0.2, 0.25) is 5.02 Å². The van der Waals surface area contributed by atoms with E-state index in [4.69, 9.17) is 22.1 Å². The normalized spacial score (nSPS) is 14.9. The van der Waals surface area contributed by atoms with E-state index in [0.717, 1.165) is 0 Å². The van der Waals surface area contributed by atoms with Crippen molar-refractivity contribution < 1.29 is 9.84 Å². The maximum Gasteiger partial charge on any atom is 0.126 e. The van der Waals surface area contributed by atoms with Crippen LogP contribution in [-0.4, -0.2) is 18.8 Å². The lowest BCUT2D eigenvalue weighted by molar-refractivity contribution is 0.0641. The second kappa shape index (κ2) is 4.17. The molecule has 1 rings (SSSR count). The molecule has 0 fully saturated rings. The highest BCUT2D eigenvalue weighted by molar-refractivity contribution is 6.30. The predicted octanol–water partition coefficient (Wildman–Crippen LogP) is 1.51. The van der Waals surface area contributed by atoms with Gasteiger partial charge in [0.15, 0.2) is 0 Å². The zero-order valence-corrected chi connectivity index (χ0v) is 9.01. The minimum absolute atomic E-state index is 0.130. The van der Waals surface area contributed by atoms with Gasteiger partial charge in [-0.25, -0.2) is 0 Å². The number of hydrogen-bond acceptors (Lipinski definition) is 3. The van der Waals surface area contributed by atoms with Gasteiger partial charge in [0.2, 0.25) is 0 Å². The summed E-state index contributed by atoms with van der Waals surface area (Å²) in [5.41, 5.74) is 5.02. The lowest BCUT2D eigenvalue weighted by Crippen LogP contribution is -2.31. The van der Waals surface area contributed by atoms with Crippen molar-refractivity contribution in [1.29, 1.82) is 0 Å². The molecule has 1 aromatic rings. The molecule has 0 aliphatic heterocycles. The molecule has 3 N–H and O–H groups in total. The van der Waals surface area contributed by atoms with Gasteiger partial charge in [0, 0.05) is 17.1 Å². The Kier molecular flexibility index (Phi) is 3.37. The van der Waals surface area contributed by atoms with Crippen molar-refractivity contribution in [1.82, 2.24) is 0 Å². The molecular weight excluding hydrogens is 202 g/mol. The van der Waals surface area contributed by atoms with Crippen molar-refractivity contribution >= 4 is 11.6 Å². The highest BCUT2D eigenvalue weighted by Gasteiger charge is 2.24. The topological polar surface area (TPSA) is 55.5 Å². The molecule has 0 saturated carbocycles. The van der Waals surface area contributed by atoms with Crippen LogP contribution < -0.4 is 10.5 Å². The molecule has 1 atom stereocenters. The summed E-state index contributed by atoms with van der Waals surface area (Å²) in [6, 6.07) is 5.07. The van der Waals surface area contributed by atoms with Crippen molar-refractivity contribution in [2.24, 2.45) is 5.73 Å². The van der Waals surface area contributed by atoms with Crippen LogP contribution in [-0.2, 0) is 5.60 Å². The van der Waals surface area contributed by atoms with Crippen molar-refractivity contribution in [3.05, 3.63) is 28.8 Å². The first kappa shape index (κ1) is 11.3. The van der Waals surface area contributed by atoms with Crippen LogP contribution in [0.3, 0.4) is 0 Å². The van der Waals surface area contributed by atoms with Gasteiger partial charge in [-0.2, -0.15) is 0 Å². The first-order valence-electron chi connectivity index (χ1n) is 4.27. The highest BCUT2D eigenvalue weighted by atomic mass is 35.5. The van der Waals surface area contributed by atoms with E-state index in [2.05, 4.69) is 0 Å². The summed E-state index contributed by atoms with van der Waals surface area (Å²) in [7, 11) is 1.53. The number of nitrogens with two attached hydrogens (primary N) is 1. The summed E-state index contributed by atoms with van der Waals surface area (Å²) in [6.45, 7) is 1.77. The Morgan fingerprint density at radius 3 is 2.71 bits per heavy atom. The van der Waals surface area contributed by atoms with Crippen LogP contribution >= 0.6 is 11.6 Å². The summed E-state index contributed by atoms with van der Waals surface area (Å²) in [5.74, 6) is 0.549. The zero-order valence-electron chi connectivity index (χ0n) is 8.25. The molecule has 1 aromatic carbocycles. The molecule has 0 saturated heterocycles. The number of halogens is 1. The monoisotopic (exact) mass is 215 g/mol. The number of aliphatic hydroxyl groups is 1. The predicted molar refractivity (Wildman–Crippen MR) is 56.6 cm³/mol. The fraction of sp³-hybridized carbons (Fsp3) is 0.400.